The number of ether oxygens (including phenoxy) is 1. The molecule has 0 saturated heterocycles. The fourth-order valence-corrected chi connectivity index (χ4v) is 3.07. The number of hydrogen-bond donors (Lipinski definition) is 2. The van der Waals surface area contributed by atoms with Gasteiger partial charge in [0.2, 0.25) is 0 Å². The molecule has 0 saturated carbocycles. The van der Waals surface area contributed by atoms with Gasteiger partial charge in [-0.05, 0) is 25.0 Å². The van der Waals surface area contributed by atoms with E-state index in [9.17, 15) is 10.1 Å². The molecule has 126 valence electrons. The summed E-state index contributed by atoms with van der Waals surface area (Å²) >= 11 is 0. The first-order valence-electron chi connectivity index (χ1n) is 8.15. The third-order valence-electron chi connectivity index (χ3n) is 4.18. The molecule has 1 heterocycles. The van der Waals surface area contributed by atoms with E-state index in [1.54, 1.807) is 12.1 Å². The molecule has 2 aromatic rings. The highest BCUT2D eigenvalue weighted by atomic mass is 16.6. The van der Waals surface area contributed by atoms with Gasteiger partial charge in [0, 0.05) is 37.0 Å². The van der Waals surface area contributed by atoms with Crippen molar-refractivity contribution < 1.29 is 9.66 Å². The Morgan fingerprint density at radius 1 is 1.29 bits per heavy atom. The highest BCUT2D eigenvalue weighted by Crippen LogP contribution is 2.37. The summed E-state index contributed by atoms with van der Waals surface area (Å²) in [5.41, 5.74) is 3.72. The van der Waals surface area contributed by atoms with Crippen molar-refractivity contribution in [1.29, 1.82) is 0 Å². The highest BCUT2D eigenvalue weighted by molar-refractivity contribution is 5.77. The molecule has 0 bridgehead atoms. The van der Waals surface area contributed by atoms with E-state index < -0.39 is 0 Å². The molecule has 3 rings (SSSR count). The van der Waals surface area contributed by atoms with Crippen molar-refractivity contribution >= 4 is 17.1 Å². The standard InChI is InChI=1S/C18H21N3O3/c1-2-24-17(13-6-4-3-5-7-13)12-20-18-14-10-11-19-15(14)8-9-16(18)21(22)23/h3-9,17,19-20H,2,10-12H2,1H3. The maximum atomic E-state index is 11.4. The van der Waals surface area contributed by atoms with E-state index in [0.29, 0.717) is 18.8 Å². The molecule has 1 atom stereocenters. The number of nitrogens with one attached hydrogen (secondary N) is 2. The summed E-state index contributed by atoms with van der Waals surface area (Å²) in [5, 5.41) is 17.9. The largest absolute Gasteiger partial charge is 0.384 e. The highest BCUT2D eigenvalue weighted by Gasteiger charge is 2.24. The Kier molecular flexibility index (Phi) is 4.96. The van der Waals surface area contributed by atoms with Crippen LogP contribution in [-0.4, -0.2) is 24.6 Å². The summed E-state index contributed by atoms with van der Waals surface area (Å²) in [6.07, 6.45) is 0.630. The van der Waals surface area contributed by atoms with E-state index in [0.717, 1.165) is 29.8 Å². The molecule has 24 heavy (non-hydrogen) atoms. The van der Waals surface area contributed by atoms with Gasteiger partial charge in [-0.15, -0.1) is 0 Å². The fraction of sp³-hybridized carbons (Fsp3) is 0.333. The van der Waals surface area contributed by atoms with Crippen LogP contribution in [0.25, 0.3) is 0 Å². The van der Waals surface area contributed by atoms with E-state index in [1.165, 1.54) is 0 Å². The summed E-state index contributed by atoms with van der Waals surface area (Å²) in [4.78, 5) is 11.0. The van der Waals surface area contributed by atoms with Crippen molar-refractivity contribution in [2.75, 3.05) is 30.3 Å². The van der Waals surface area contributed by atoms with Crippen LogP contribution in [-0.2, 0) is 11.2 Å². The predicted octanol–water partition coefficient (Wildman–Crippen LogP) is 3.75. The third kappa shape index (κ3) is 3.33. The molecule has 2 N–H and O–H groups in total. The van der Waals surface area contributed by atoms with E-state index in [2.05, 4.69) is 10.6 Å². The minimum Gasteiger partial charge on any atom is -0.384 e. The molecule has 0 aliphatic carbocycles. The van der Waals surface area contributed by atoms with E-state index in [1.807, 2.05) is 37.3 Å². The number of nitro groups is 1. The van der Waals surface area contributed by atoms with Gasteiger partial charge in [0.05, 0.1) is 11.0 Å². The smallest absolute Gasteiger partial charge is 0.292 e. The normalized spacial score (nSPS) is 13.9. The molecule has 0 spiro atoms. The average Bonchev–Trinajstić information content (AvgIpc) is 3.07. The summed E-state index contributed by atoms with van der Waals surface area (Å²) < 4.78 is 5.82. The van der Waals surface area contributed by atoms with Gasteiger partial charge >= 0.3 is 0 Å². The van der Waals surface area contributed by atoms with Gasteiger partial charge in [-0.2, -0.15) is 0 Å². The van der Waals surface area contributed by atoms with Gasteiger partial charge in [-0.1, -0.05) is 30.3 Å². The molecule has 1 aliphatic rings. The Labute approximate surface area is 141 Å². The van der Waals surface area contributed by atoms with Crippen molar-refractivity contribution in [2.24, 2.45) is 0 Å². The zero-order valence-electron chi connectivity index (χ0n) is 13.6. The van der Waals surface area contributed by atoms with Crippen molar-refractivity contribution in [1.82, 2.24) is 0 Å². The van der Waals surface area contributed by atoms with Gasteiger partial charge in [-0.25, -0.2) is 0 Å². The molecule has 2 aromatic carbocycles. The van der Waals surface area contributed by atoms with E-state index in [-0.39, 0.29) is 16.7 Å². The number of anilines is 2. The SMILES string of the molecule is CCOC(CNc1c([N+](=O)[O-])ccc2c1CCN2)c1ccccc1. The quantitative estimate of drug-likeness (QED) is 0.598. The van der Waals surface area contributed by atoms with Crippen LogP contribution in [0, 0.1) is 10.1 Å². The lowest BCUT2D eigenvalue weighted by Crippen LogP contribution is -2.17. The number of fused-ring (bicyclic) bond motifs is 1. The third-order valence-corrected chi connectivity index (χ3v) is 4.18. The van der Waals surface area contributed by atoms with E-state index in [4.69, 9.17) is 4.74 Å². The van der Waals surface area contributed by atoms with Crippen LogP contribution >= 0.6 is 0 Å². The summed E-state index contributed by atoms with van der Waals surface area (Å²) in [7, 11) is 0. The second-order valence-corrected chi connectivity index (χ2v) is 5.66. The minimum absolute atomic E-state index is 0.112. The molecular formula is C18H21N3O3. The first kappa shape index (κ1) is 16.3. The lowest BCUT2D eigenvalue weighted by Gasteiger charge is -2.20. The first-order valence-corrected chi connectivity index (χ1v) is 8.15. The maximum Gasteiger partial charge on any atom is 0.292 e. The van der Waals surface area contributed by atoms with Crippen molar-refractivity contribution in [3.63, 3.8) is 0 Å². The Balaban J connectivity index is 1.85. The zero-order chi connectivity index (χ0) is 16.9. The van der Waals surface area contributed by atoms with Crippen LogP contribution in [0.15, 0.2) is 42.5 Å². The molecule has 0 amide bonds. The molecule has 6 heteroatoms. The first-order chi connectivity index (χ1) is 11.7. The number of nitrogens with zero attached hydrogens (tertiary/aromatic N) is 1. The summed E-state index contributed by atoms with van der Waals surface area (Å²) in [6.45, 7) is 3.81. The van der Waals surface area contributed by atoms with Gasteiger partial charge in [0.1, 0.15) is 5.69 Å². The van der Waals surface area contributed by atoms with Gasteiger partial charge in [-0.3, -0.25) is 10.1 Å². The number of rotatable bonds is 7. The maximum absolute atomic E-state index is 11.4. The van der Waals surface area contributed by atoms with E-state index >= 15 is 0 Å². The Hall–Kier alpha value is -2.60. The van der Waals surface area contributed by atoms with Crippen molar-refractivity contribution in [3.05, 3.63) is 63.7 Å². The Morgan fingerprint density at radius 3 is 2.79 bits per heavy atom. The van der Waals surface area contributed by atoms with Gasteiger partial charge in [0.25, 0.3) is 5.69 Å². The molecular weight excluding hydrogens is 306 g/mol. The second-order valence-electron chi connectivity index (χ2n) is 5.66. The molecule has 1 unspecified atom stereocenters. The average molecular weight is 327 g/mol. The summed E-state index contributed by atoms with van der Waals surface area (Å²) in [5.74, 6) is 0. The van der Waals surface area contributed by atoms with Crippen LogP contribution in [0.4, 0.5) is 17.1 Å². The number of nitro benzene ring substituents is 1. The number of benzene rings is 2. The molecule has 6 nitrogen and oxygen atoms in total. The van der Waals surface area contributed by atoms with Crippen LogP contribution in [0.5, 0.6) is 0 Å². The molecule has 0 aromatic heterocycles. The predicted molar refractivity (Wildman–Crippen MR) is 94.6 cm³/mol. The molecule has 1 aliphatic heterocycles. The fourth-order valence-electron chi connectivity index (χ4n) is 3.07. The van der Waals surface area contributed by atoms with Gasteiger partial charge in [0.15, 0.2) is 0 Å². The number of hydrogen-bond acceptors (Lipinski definition) is 5. The minimum atomic E-state index is -0.334. The van der Waals surface area contributed by atoms with Crippen molar-refractivity contribution in [3.8, 4) is 0 Å². The van der Waals surface area contributed by atoms with Crippen LogP contribution in [0.1, 0.15) is 24.2 Å². The molecule has 0 fully saturated rings. The lowest BCUT2D eigenvalue weighted by atomic mass is 10.1. The Morgan fingerprint density at radius 2 is 2.08 bits per heavy atom. The van der Waals surface area contributed by atoms with Gasteiger partial charge < -0.3 is 15.4 Å². The summed E-state index contributed by atoms with van der Waals surface area (Å²) in [6, 6.07) is 13.2. The lowest BCUT2D eigenvalue weighted by molar-refractivity contribution is -0.384. The van der Waals surface area contributed by atoms with Crippen LogP contribution in [0.2, 0.25) is 0 Å². The molecule has 0 radical (unpaired) electrons. The van der Waals surface area contributed by atoms with Crippen LogP contribution in [0.3, 0.4) is 0 Å². The Bertz CT molecular complexity index is 719. The zero-order valence-corrected chi connectivity index (χ0v) is 13.6. The monoisotopic (exact) mass is 327 g/mol. The van der Waals surface area contributed by atoms with Crippen LogP contribution < -0.4 is 10.6 Å². The van der Waals surface area contributed by atoms with Crippen molar-refractivity contribution in [2.45, 2.75) is 19.4 Å². The topological polar surface area (TPSA) is 76.4 Å². The second kappa shape index (κ2) is 7.31.